The molecule has 3 aromatic rings. The van der Waals surface area contributed by atoms with Crippen LogP contribution in [0.3, 0.4) is 0 Å². The second-order valence-electron chi connectivity index (χ2n) is 9.91. The maximum absolute atomic E-state index is 13.2. The number of hydrogen-bond donors (Lipinski definition) is 0. The normalized spacial score (nSPS) is 16.3. The number of hydrogen-bond acceptors (Lipinski definition) is 5. The number of furan rings is 1. The number of carbonyl (C=O) groups is 2. The fraction of sp³-hybridized carbons (Fsp3) is 0.400. The van der Waals surface area contributed by atoms with Crippen LogP contribution in [0.1, 0.15) is 59.5 Å². The van der Waals surface area contributed by atoms with E-state index in [4.69, 9.17) is 9.15 Å². The van der Waals surface area contributed by atoms with Crippen LogP contribution in [0.4, 0.5) is 5.69 Å². The molecule has 0 atom stereocenters. The number of nitrogens with zero attached hydrogens (tertiary/aromatic N) is 2. The molecule has 6 nitrogen and oxygen atoms in total. The second kappa shape index (κ2) is 9.84. The van der Waals surface area contributed by atoms with Gasteiger partial charge in [0.05, 0.1) is 7.11 Å². The first-order chi connectivity index (χ1) is 17.4. The van der Waals surface area contributed by atoms with Crippen LogP contribution < -0.4 is 9.64 Å². The van der Waals surface area contributed by atoms with Gasteiger partial charge >= 0.3 is 0 Å². The highest BCUT2D eigenvalue weighted by atomic mass is 16.5. The smallest absolute Gasteiger partial charge is 0.246 e. The molecule has 1 aromatic heterocycles. The molecule has 1 aliphatic heterocycles. The zero-order valence-corrected chi connectivity index (χ0v) is 21.6. The van der Waals surface area contributed by atoms with Gasteiger partial charge in [-0.1, -0.05) is 0 Å². The van der Waals surface area contributed by atoms with E-state index in [9.17, 15) is 9.59 Å². The lowest BCUT2D eigenvalue weighted by Gasteiger charge is -2.35. The first-order valence-electron chi connectivity index (χ1n) is 12.8. The SMILES string of the molecule is COc1c(/C(C)=C/C(=O)N2CCN(c3ccc(C(C)=O)cc3)CC2)cc2c3c(oc2c1C)CCCC3. The Bertz CT molecular complexity index is 1340. The summed E-state index contributed by atoms with van der Waals surface area (Å²) < 4.78 is 12.0. The lowest BCUT2D eigenvalue weighted by Crippen LogP contribution is -2.48. The number of aryl methyl sites for hydroxylation is 3. The summed E-state index contributed by atoms with van der Waals surface area (Å²) >= 11 is 0. The summed E-state index contributed by atoms with van der Waals surface area (Å²) in [7, 11) is 1.68. The van der Waals surface area contributed by atoms with Crippen molar-refractivity contribution >= 4 is 33.9 Å². The van der Waals surface area contributed by atoms with Gasteiger partial charge in [0.2, 0.25) is 5.91 Å². The average molecular weight is 487 g/mol. The number of fused-ring (bicyclic) bond motifs is 3. The molecule has 1 amide bonds. The number of anilines is 1. The summed E-state index contributed by atoms with van der Waals surface area (Å²) in [4.78, 5) is 28.9. The molecule has 0 radical (unpaired) electrons. The van der Waals surface area contributed by atoms with E-state index in [1.54, 1.807) is 20.1 Å². The number of carbonyl (C=O) groups excluding carboxylic acids is 2. The Hall–Kier alpha value is -3.54. The van der Waals surface area contributed by atoms with Crippen molar-refractivity contribution in [2.24, 2.45) is 0 Å². The third-order valence-corrected chi connectivity index (χ3v) is 7.63. The van der Waals surface area contributed by atoms with Crippen LogP contribution in [-0.2, 0) is 17.6 Å². The molecule has 2 aromatic carbocycles. The summed E-state index contributed by atoms with van der Waals surface area (Å²) in [5.74, 6) is 1.96. The predicted octanol–water partition coefficient (Wildman–Crippen LogP) is 5.58. The maximum Gasteiger partial charge on any atom is 0.246 e. The number of allylic oxidation sites excluding steroid dienone is 1. The maximum atomic E-state index is 13.2. The van der Waals surface area contributed by atoms with Crippen LogP contribution in [0, 0.1) is 6.92 Å². The number of piperazine rings is 1. The Labute approximate surface area is 212 Å². The van der Waals surface area contributed by atoms with Crippen LogP contribution in [0.5, 0.6) is 5.75 Å². The number of methoxy groups -OCH3 is 1. The molecule has 0 bridgehead atoms. The molecular weight excluding hydrogens is 452 g/mol. The monoisotopic (exact) mass is 486 g/mol. The molecule has 36 heavy (non-hydrogen) atoms. The van der Waals surface area contributed by atoms with E-state index in [0.29, 0.717) is 18.7 Å². The van der Waals surface area contributed by atoms with Crippen molar-refractivity contribution in [2.75, 3.05) is 38.2 Å². The number of benzene rings is 2. The molecule has 0 saturated carbocycles. The molecule has 5 rings (SSSR count). The molecule has 0 unspecified atom stereocenters. The molecule has 2 aliphatic rings. The van der Waals surface area contributed by atoms with E-state index < -0.39 is 0 Å². The topological polar surface area (TPSA) is 63.0 Å². The van der Waals surface area contributed by atoms with Gasteiger partial charge < -0.3 is 19.0 Å². The Morgan fingerprint density at radius 1 is 1.00 bits per heavy atom. The quantitative estimate of drug-likeness (QED) is 0.348. The fourth-order valence-corrected chi connectivity index (χ4v) is 5.54. The number of ether oxygens (including phenoxy) is 1. The molecule has 6 heteroatoms. The number of Topliss-reactive ketones (excluding diaryl/α,β-unsaturated/α-hetero) is 1. The van der Waals surface area contributed by atoms with Gasteiger partial charge in [-0.2, -0.15) is 0 Å². The molecule has 1 aliphatic carbocycles. The van der Waals surface area contributed by atoms with Crippen molar-refractivity contribution in [1.82, 2.24) is 4.90 Å². The van der Waals surface area contributed by atoms with Gasteiger partial charge in [-0.05, 0) is 75.9 Å². The van der Waals surface area contributed by atoms with Gasteiger partial charge in [-0.15, -0.1) is 0 Å². The van der Waals surface area contributed by atoms with Crippen LogP contribution in [-0.4, -0.2) is 49.9 Å². The first-order valence-corrected chi connectivity index (χ1v) is 12.8. The van der Waals surface area contributed by atoms with Crippen molar-refractivity contribution in [2.45, 2.75) is 46.5 Å². The third-order valence-electron chi connectivity index (χ3n) is 7.63. The molecule has 0 spiro atoms. The number of amides is 1. The Kier molecular flexibility index (Phi) is 6.61. The summed E-state index contributed by atoms with van der Waals surface area (Å²) in [5, 5.41) is 1.16. The van der Waals surface area contributed by atoms with Crippen molar-refractivity contribution in [3.8, 4) is 5.75 Å². The fourth-order valence-electron chi connectivity index (χ4n) is 5.54. The number of rotatable bonds is 5. The average Bonchev–Trinajstić information content (AvgIpc) is 3.28. The highest BCUT2D eigenvalue weighted by Crippen LogP contribution is 2.41. The van der Waals surface area contributed by atoms with Crippen LogP contribution in [0.25, 0.3) is 16.5 Å². The minimum absolute atomic E-state index is 0.0214. The van der Waals surface area contributed by atoms with Crippen molar-refractivity contribution < 1.29 is 18.7 Å². The molecule has 1 saturated heterocycles. The molecule has 1 fully saturated rings. The summed E-state index contributed by atoms with van der Waals surface area (Å²) in [6.07, 6.45) is 6.12. The van der Waals surface area contributed by atoms with E-state index in [1.807, 2.05) is 43.0 Å². The lowest BCUT2D eigenvalue weighted by molar-refractivity contribution is -0.126. The zero-order valence-electron chi connectivity index (χ0n) is 21.6. The highest BCUT2D eigenvalue weighted by Gasteiger charge is 2.24. The standard InChI is InChI=1S/C30H34N2O4/c1-19(25-18-26-24-7-5-6-8-27(24)36-30(26)20(2)29(25)35-4)17-28(34)32-15-13-31(14-16-32)23-11-9-22(10-12-23)21(3)33/h9-12,17-18H,5-8,13-16H2,1-4H3/b19-17+. The minimum atomic E-state index is 0.0214. The van der Waals surface area contributed by atoms with Gasteiger partial charge in [-0.25, -0.2) is 0 Å². The Morgan fingerprint density at radius 3 is 2.36 bits per heavy atom. The van der Waals surface area contributed by atoms with Crippen LogP contribution >= 0.6 is 0 Å². The Morgan fingerprint density at radius 2 is 1.69 bits per heavy atom. The third kappa shape index (κ3) is 4.41. The number of ketones is 1. The van der Waals surface area contributed by atoms with Gasteiger partial charge in [-0.3, -0.25) is 9.59 Å². The van der Waals surface area contributed by atoms with Crippen molar-refractivity contribution in [3.63, 3.8) is 0 Å². The molecule has 2 heterocycles. The van der Waals surface area contributed by atoms with E-state index >= 15 is 0 Å². The predicted molar refractivity (Wildman–Crippen MR) is 143 cm³/mol. The molecular formula is C30H34N2O4. The van der Waals surface area contributed by atoms with Crippen LogP contribution in [0.2, 0.25) is 0 Å². The first kappa shape index (κ1) is 24.2. The van der Waals surface area contributed by atoms with Gasteiger partial charge in [0, 0.05) is 72.0 Å². The zero-order chi connectivity index (χ0) is 25.4. The summed E-state index contributed by atoms with van der Waals surface area (Å²) in [5.41, 5.74) is 6.86. The van der Waals surface area contributed by atoms with Crippen molar-refractivity contribution in [1.29, 1.82) is 0 Å². The summed E-state index contributed by atoms with van der Waals surface area (Å²) in [6.45, 7) is 8.42. The minimum Gasteiger partial charge on any atom is -0.496 e. The molecule has 188 valence electrons. The molecule has 0 N–H and O–H groups in total. The van der Waals surface area contributed by atoms with Crippen molar-refractivity contribution in [3.05, 3.63) is 64.4 Å². The summed E-state index contributed by atoms with van der Waals surface area (Å²) in [6, 6.07) is 9.85. The second-order valence-corrected chi connectivity index (χ2v) is 9.91. The van der Waals surface area contributed by atoms with E-state index in [2.05, 4.69) is 11.0 Å². The van der Waals surface area contributed by atoms with E-state index in [0.717, 1.165) is 70.8 Å². The van der Waals surface area contributed by atoms with Crippen LogP contribution in [0.15, 0.2) is 40.8 Å². The van der Waals surface area contributed by atoms with E-state index in [-0.39, 0.29) is 11.7 Å². The van der Waals surface area contributed by atoms with Gasteiger partial charge in [0.15, 0.2) is 5.78 Å². The largest absolute Gasteiger partial charge is 0.496 e. The van der Waals surface area contributed by atoms with E-state index in [1.165, 1.54) is 18.4 Å². The van der Waals surface area contributed by atoms with Gasteiger partial charge in [0.25, 0.3) is 0 Å². The lowest BCUT2D eigenvalue weighted by atomic mass is 9.93. The Balaban J connectivity index is 1.34. The highest BCUT2D eigenvalue weighted by molar-refractivity contribution is 5.98. The van der Waals surface area contributed by atoms with Gasteiger partial charge in [0.1, 0.15) is 17.1 Å².